The fourth-order valence-corrected chi connectivity index (χ4v) is 2.74. The van der Waals surface area contributed by atoms with Crippen molar-refractivity contribution in [2.45, 2.75) is 25.4 Å². The molecule has 0 saturated heterocycles. The van der Waals surface area contributed by atoms with Crippen LogP contribution in [0.4, 0.5) is 10.1 Å². The lowest BCUT2D eigenvalue weighted by Crippen LogP contribution is -2.16. The molecule has 2 aromatic carbocycles. The average molecular weight is 326 g/mol. The number of carbonyl (C=O) groups excluding carboxylic acids is 1. The maximum absolute atomic E-state index is 13.6. The molecule has 0 radical (unpaired) electrons. The molecule has 0 aromatic heterocycles. The number of benzene rings is 2. The SMILES string of the molecule is COC(=O)[C@@H]1CCC(c2ccc(NCc3ccccc3F)cc2)=N1. The minimum Gasteiger partial charge on any atom is -0.467 e. The summed E-state index contributed by atoms with van der Waals surface area (Å²) in [6.07, 6.45) is 1.46. The Morgan fingerprint density at radius 1 is 1.25 bits per heavy atom. The van der Waals surface area contributed by atoms with Crippen LogP contribution in [0.3, 0.4) is 0 Å². The predicted octanol–water partition coefficient (Wildman–Crippen LogP) is 3.56. The highest BCUT2D eigenvalue weighted by atomic mass is 19.1. The van der Waals surface area contributed by atoms with Crippen molar-refractivity contribution in [1.82, 2.24) is 0 Å². The second-order valence-corrected chi connectivity index (χ2v) is 5.68. The molecule has 2 aromatic rings. The van der Waals surface area contributed by atoms with Crippen LogP contribution >= 0.6 is 0 Å². The van der Waals surface area contributed by atoms with Crippen molar-refractivity contribution in [1.29, 1.82) is 0 Å². The van der Waals surface area contributed by atoms with Crippen molar-refractivity contribution in [3.05, 3.63) is 65.5 Å². The molecule has 0 spiro atoms. The summed E-state index contributed by atoms with van der Waals surface area (Å²) in [5.74, 6) is -0.496. The van der Waals surface area contributed by atoms with Crippen LogP contribution in [-0.4, -0.2) is 24.8 Å². The third-order valence-electron chi connectivity index (χ3n) is 4.10. The number of esters is 1. The third-order valence-corrected chi connectivity index (χ3v) is 4.10. The van der Waals surface area contributed by atoms with Crippen LogP contribution in [0.1, 0.15) is 24.0 Å². The van der Waals surface area contributed by atoms with Gasteiger partial charge in [-0.3, -0.25) is 4.99 Å². The molecule has 0 aliphatic carbocycles. The topological polar surface area (TPSA) is 50.7 Å². The lowest BCUT2D eigenvalue weighted by molar-refractivity contribution is -0.141. The van der Waals surface area contributed by atoms with Crippen LogP contribution in [0.15, 0.2) is 53.5 Å². The molecule has 124 valence electrons. The van der Waals surface area contributed by atoms with Gasteiger partial charge in [-0.05, 0) is 36.6 Å². The van der Waals surface area contributed by atoms with Gasteiger partial charge < -0.3 is 10.1 Å². The second kappa shape index (κ2) is 7.25. The van der Waals surface area contributed by atoms with E-state index in [1.54, 1.807) is 12.1 Å². The summed E-state index contributed by atoms with van der Waals surface area (Å²) in [5, 5.41) is 3.20. The molecule has 5 heteroatoms. The number of hydrogen-bond acceptors (Lipinski definition) is 4. The Bertz CT molecular complexity index is 756. The van der Waals surface area contributed by atoms with Crippen molar-refractivity contribution < 1.29 is 13.9 Å². The predicted molar refractivity (Wildman–Crippen MR) is 91.7 cm³/mol. The minimum atomic E-state index is -0.385. The smallest absolute Gasteiger partial charge is 0.330 e. The van der Waals surface area contributed by atoms with Crippen LogP contribution in [0.2, 0.25) is 0 Å². The van der Waals surface area contributed by atoms with E-state index in [4.69, 9.17) is 4.74 Å². The summed E-state index contributed by atoms with van der Waals surface area (Å²) in [4.78, 5) is 16.0. The average Bonchev–Trinajstić information content (AvgIpc) is 3.11. The van der Waals surface area contributed by atoms with E-state index in [2.05, 4.69) is 10.3 Å². The number of nitrogens with one attached hydrogen (secondary N) is 1. The van der Waals surface area contributed by atoms with Gasteiger partial charge in [0, 0.05) is 23.5 Å². The number of aliphatic imine (C=N–C) groups is 1. The Labute approximate surface area is 140 Å². The summed E-state index contributed by atoms with van der Waals surface area (Å²) in [6.45, 7) is 0.428. The number of methoxy groups -OCH3 is 1. The van der Waals surface area contributed by atoms with Gasteiger partial charge in [0.05, 0.1) is 7.11 Å². The molecule has 0 saturated carbocycles. The second-order valence-electron chi connectivity index (χ2n) is 5.68. The van der Waals surface area contributed by atoms with E-state index in [-0.39, 0.29) is 17.8 Å². The molecule has 1 aliphatic rings. The van der Waals surface area contributed by atoms with E-state index in [0.29, 0.717) is 18.5 Å². The number of anilines is 1. The molecule has 1 N–H and O–H groups in total. The molecule has 0 amide bonds. The van der Waals surface area contributed by atoms with Crippen LogP contribution < -0.4 is 5.32 Å². The highest BCUT2D eigenvalue weighted by Crippen LogP contribution is 2.21. The quantitative estimate of drug-likeness (QED) is 0.855. The first-order chi connectivity index (χ1) is 11.7. The zero-order valence-corrected chi connectivity index (χ0v) is 13.5. The summed E-state index contributed by atoms with van der Waals surface area (Å²) in [7, 11) is 1.38. The summed E-state index contributed by atoms with van der Waals surface area (Å²) in [6, 6.07) is 14.1. The molecular formula is C19H19FN2O2. The normalized spacial score (nSPS) is 16.6. The van der Waals surface area contributed by atoms with Gasteiger partial charge in [0.15, 0.2) is 0 Å². The molecule has 0 unspecified atom stereocenters. The summed E-state index contributed by atoms with van der Waals surface area (Å²) in [5.41, 5.74) is 3.46. The Morgan fingerprint density at radius 2 is 2.00 bits per heavy atom. The highest BCUT2D eigenvalue weighted by molar-refractivity contribution is 6.03. The highest BCUT2D eigenvalue weighted by Gasteiger charge is 2.25. The maximum Gasteiger partial charge on any atom is 0.330 e. The molecule has 24 heavy (non-hydrogen) atoms. The lowest BCUT2D eigenvalue weighted by Gasteiger charge is -2.08. The van der Waals surface area contributed by atoms with Gasteiger partial charge in [-0.1, -0.05) is 30.3 Å². The standard InChI is InChI=1S/C19H19FN2O2/c1-24-19(23)18-11-10-17(22-18)13-6-8-15(9-7-13)21-12-14-4-2-3-5-16(14)20/h2-9,18,21H,10-12H2,1H3/t18-/m0/s1. The van der Waals surface area contributed by atoms with Crippen molar-refractivity contribution >= 4 is 17.4 Å². The van der Waals surface area contributed by atoms with E-state index < -0.39 is 0 Å². The first-order valence-electron chi connectivity index (χ1n) is 7.89. The molecule has 4 nitrogen and oxygen atoms in total. The van der Waals surface area contributed by atoms with Crippen LogP contribution in [0, 0.1) is 5.82 Å². The molecule has 0 bridgehead atoms. The van der Waals surface area contributed by atoms with E-state index in [9.17, 15) is 9.18 Å². The van der Waals surface area contributed by atoms with Crippen molar-refractivity contribution in [3.8, 4) is 0 Å². The number of nitrogens with zero attached hydrogens (tertiary/aromatic N) is 1. The Kier molecular flexibility index (Phi) is 4.89. The largest absolute Gasteiger partial charge is 0.467 e. The van der Waals surface area contributed by atoms with Crippen molar-refractivity contribution in [2.75, 3.05) is 12.4 Å². The fourth-order valence-electron chi connectivity index (χ4n) is 2.74. The number of carbonyl (C=O) groups is 1. The zero-order chi connectivity index (χ0) is 16.9. The lowest BCUT2D eigenvalue weighted by atomic mass is 10.1. The van der Waals surface area contributed by atoms with E-state index in [1.807, 2.05) is 30.3 Å². The van der Waals surface area contributed by atoms with Crippen LogP contribution in [0.5, 0.6) is 0 Å². The minimum absolute atomic E-state index is 0.212. The number of hydrogen-bond donors (Lipinski definition) is 1. The zero-order valence-electron chi connectivity index (χ0n) is 13.5. The van der Waals surface area contributed by atoms with Gasteiger partial charge in [-0.15, -0.1) is 0 Å². The van der Waals surface area contributed by atoms with Crippen molar-refractivity contribution in [2.24, 2.45) is 4.99 Å². The van der Waals surface area contributed by atoms with E-state index in [0.717, 1.165) is 23.4 Å². The van der Waals surface area contributed by atoms with E-state index in [1.165, 1.54) is 13.2 Å². The van der Waals surface area contributed by atoms with Gasteiger partial charge in [-0.25, -0.2) is 9.18 Å². The van der Waals surface area contributed by atoms with Crippen LogP contribution in [0.25, 0.3) is 0 Å². The number of rotatable bonds is 5. The summed E-state index contributed by atoms with van der Waals surface area (Å²) >= 11 is 0. The Hall–Kier alpha value is -2.69. The van der Waals surface area contributed by atoms with Gasteiger partial charge in [0.2, 0.25) is 0 Å². The molecule has 1 atom stereocenters. The fraction of sp³-hybridized carbons (Fsp3) is 0.263. The molecule has 0 fully saturated rings. The van der Waals surface area contributed by atoms with Crippen LogP contribution in [-0.2, 0) is 16.1 Å². The van der Waals surface area contributed by atoms with Gasteiger partial charge >= 0.3 is 5.97 Å². The summed E-state index contributed by atoms with van der Waals surface area (Å²) < 4.78 is 18.3. The monoisotopic (exact) mass is 326 g/mol. The van der Waals surface area contributed by atoms with Gasteiger partial charge in [0.1, 0.15) is 11.9 Å². The maximum atomic E-state index is 13.6. The Morgan fingerprint density at radius 3 is 2.71 bits per heavy atom. The van der Waals surface area contributed by atoms with Gasteiger partial charge in [-0.2, -0.15) is 0 Å². The first kappa shape index (κ1) is 16.2. The number of halogens is 1. The molecule has 3 rings (SSSR count). The van der Waals surface area contributed by atoms with E-state index >= 15 is 0 Å². The third kappa shape index (κ3) is 3.62. The molecule has 1 heterocycles. The Balaban J connectivity index is 1.64. The number of ether oxygens (including phenoxy) is 1. The van der Waals surface area contributed by atoms with Crippen molar-refractivity contribution in [3.63, 3.8) is 0 Å². The first-order valence-corrected chi connectivity index (χ1v) is 7.89. The molecule has 1 aliphatic heterocycles. The molecular weight excluding hydrogens is 307 g/mol. The van der Waals surface area contributed by atoms with Gasteiger partial charge in [0.25, 0.3) is 0 Å².